The average molecular weight is 203 g/mol. The Morgan fingerprint density at radius 3 is 3.07 bits per heavy atom. The zero-order chi connectivity index (χ0) is 10.8. The monoisotopic (exact) mass is 203 g/mol. The molecule has 0 saturated carbocycles. The molecule has 15 heavy (non-hydrogen) atoms. The summed E-state index contributed by atoms with van der Waals surface area (Å²) in [5.41, 5.74) is 2.76. The summed E-state index contributed by atoms with van der Waals surface area (Å²) in [7, 11) is 0. The third kappa shape index (κ3) is 2.01. The van der Waals surface area contributed by atoms with Crippen LogP contribution in [-0.2, 0) is 11.2 Å². The zero-order valence-electron chi connectivity index (χ0n) is 8.67. The van der Waals surface area contributed by atoms with Crippen molar-refractivity contribution in [1.29, 1.82) is 0 Å². The number of hydrogen-bond acceptors (Lipinski definition) is 2. The molecule has 3 heteroatoms. The minimum Gasteiger partial charge on any atom is -0.493 e. The molecule has 0 unspecified atom stereocenters. The van der Waals surface area contributed by atoms with Crippen molar-refractivity contribution in [2.45, 2.75) is 13.3 Å². The highest BCUT2D eigenvalue weighted by Gasteiger charge is 2.12. The Balaban J connectivity index is 2.23. The molecule has 1 amide bonds. The molecule has 0 aromatic heterocycles. The van der Waals surface area contributed by atoms with Crippen molar-refractivity contribution in [3.05, 3.63) is 35.9 Å². The van der Waals surface area contributed by atoms with E-state index in [0.717, 1.165) is 24.3 Å². The Morgan fingerprint density at radius 1 is 1.53 bits per heavy atom. The second kappa shape index (κ2) is 3.77. The largest absolute Gasteiger partial charge is 0.493 e. The van der Waals surface area contributed by atoms with E-state index in [2.05, 4.69) is 11.9 Å². The maximum Gasteiger partial charge on any atom is 0.221 e. The quantitative estimate of drug-likeness (QED) is 0.795. The van der Waals surface area contributed by atoms with Crippen molar-refractivity contribution in [3.63, 3.8) is 0 Å². The van der Waals surface area contributed by atoms with Gasteiger partial charge in [-0.1, -0.05) is 6.58 Å². The molecular weight excluding hydrogens is 190 g/mol. The second-order valence-electron chi connectivity index (χ2n) is 3.58. The van der Waals surface area contributed by atoms with Crippen LogP contribution in [0, 0.1) is 0 Å². The van der Waals surface area contributed by atoms with E-state index < -0.39 is 0 Å². The number of nitrogens with one attached hydrogen (secondary N) is 1. The summed E-state index contributed by atoms with van der Waals surface area (Å²) in [6.07, 6.45) is 0.927. The van der Waals surface area contributed by atoms with Crippen molar-refractivity contribution >= 4 is 11.6 Å². The first-order valence-corrected chi connectivity index (χ1v) is 4.89. The van der Waals surface area contributed by atoms with Crippen molar-refractivity contribution in [1.82, 2.24) is 5.32 Å². The van der Waals surface area contributed by atoms with Gasteiger partial charge in [-0.15, -0.1) is 0 Å². The van der Waals surface area contributed by atoms with Gasteiger partial charge in [-0.25, -0.2) is 0 Å². The number of fused-ring (bicyclic) bond motifs is 1. The molecule has 0 fully saturated rings. The van der Waals surface area contributed by atoms with Gasteiger partial charge in [0.15, 0.2) is 0 Å². The van der Waals surface area contributed by atoms with Crippen LogP contribution in [-0.4, -0.2) is 12.5 Å². The normalized spacial score (nSPS) is 12.9. The standard InChI is InChI=1S/C12H13NO2/c1-8(13-9(2)14)10-3-4-12-11(7-10)5-6-15-12/h3-4,7H,1,5-6H2,2H3,(H,13,14). The SMILES string of the molecule is C=C(NC(C)=O)c1ccc2c(c1)CCO2. The molecular formula is C12H13NO2. The van der Waals surface area contributed by atoms with Gasteiger partial charge in [0.05, 0.1) is 6.61 Å². The second-order valence-corrected chi connectivity index (χ2v) is 3.58. The first-order valence-electron chi connectivity index (χ1n) is 4.89. The van der Waals surface area contributed by atoms with E-state index in [4.69, 9.17) is 4.74 Å². The van der Waals surface area contributed by atoms with E-state index in [1.807, 2.05) is 18.2 Å². The number of rotatable bonds is 2. The van der Waals surface area contributed by atoms with Gasteiger partial charge in [-0.05, 0) is 29.3 Å². The molecule has 1 aliphatic heterocycles. The molecule has 1 aromatic carbocycles. The molecule has 0 aliphatic carbocycles. The van der Waals surface area contributed by atoms with E-state index in [0.29, 0.717) is 5.70 Å². The summed E-state index contributed by atoms with van der Waals surface area (Å²) in [4.78, 5) is 10.9. The van der Waals surface area contributed by atoms with Gasteiger partial charge in [-0.3, -0.25) is 4.79 Å². The smallest absolute Gasteiger partial charge is 0.221 e. The Hall–Kier alpha value is -1.77. The lowest BCUT2D eigenvalue weighted by molar-refractivity contribution is -0.117. The zero-order valence-corrected chi connectivity index (χ0v) is 8.67. The van der Waals surface area contributed by atoms with Crippen molar-refractivity contribution in [3.8, 4) is 5.75 Å². The first-order chi connectivity index (χ1) is 7.16. The number of hydrogen-bond donors (Lipinski definition) is 1. The Kier molecular flexibility index (Phi) is 2.46. The lowest BCUT2D eigenvalue weighted by Gasteiger charge is -2.07. The van der Waals surface area contributed by atoms with E-state index in [1.54, 1.807) is 0 Å². The molecule has 0 bridgehead atoms. The van der Waals surface area contributed by atoms with Gasteiger partial charge in [0.2, 0.25) is 5.91 Å². The minimum atomic E-state index is -0.100. The molecule has 1 aromatic rings. The fourth-order valence-corrected chi connectivity index (χ4v) is 1.66. The average Bonchev–Trinajstić information content (AvgIpc) is 2.62. The topological polar surface area (TPSA) is 38.3 Å². The highest BCUT2D eigenvalue weighted by atomic mass is 16.5. The lowest BCUT2D eigenvalue weighted by Crippen LogP contribution is -2.17. The van der Waals surface area contributed by atoms with E-state index in [-0.39, 0.29) is 5.91 Å². The maximum absolute atomic E-state index is 10.9. The third-order valence-electron chi connectivity index (χ3n) is 2.36. The fraction of sp³-hybridized carbons (Fsp3) is 0.250. The molecule has 0 radical (unpaired) electrons. The van der Waals surface area contributed by atoms with Crippen molar-refractivity contribution in [2.24, 2.45) is 0 Å². The summed E-state index contributed by atoms with van der Waals surface area (Å²) in [6.45, 7) is 6.03. The molecule has 1 heterocycles. The number of carbonyl (C=O) groups is 1. The van der Waals surface area contributed by atoms with Gasteiger partial charge >= 0.3 is 0 Å². The molecule has 0 atom stereocenters. The summed E-state index contributed by atoms with van der Waals surface area (Å²) in [6, 6.07) is 5.84. The van der Waals surface area contributed by atoms with Crippen LogP contribution in [0.4, 0.5) is 0 Å². The Bertz CT molecular complexity index is 424. The predicted molar refractivity (Wildman–Crippen MR) is 58.5 cm³/mol. The number of ether oxygens (including phenoxy) is 1. The highest BCUT2D eigenvalue weighted by Crippen LogP contribution is 2.27. The van der Waals surface area contributed by atoms with Crippen LogP contribution in [0.3, 0.4) is 0 Å². The summed E-state index contributed by atoms with van der Waals surface area (Å²) >= 11 is 0. The van der Waals surface area contributed by atoms with Gasteiger partial charge < -0.3 is 10.1 Å². The minimum absolute atomic E-state index is 0.100. The molecule has 1 aliphatic rings. The van der Waals surface area contributed by atoms with Crippen LogP contribution in [0.5, 0.6) is 5.75 Å². The van der Waals surface area contributed by atoms with Crippen LogP contribution in [0.2, 0.25) is 0 Å². The van der Waals surface area contributed by atoms with Crippen molar-refractivity contribution < 1.29 is 9.53 Å². The van der Waals surface area contributed by atoms with Crippen LogP contribution >= 0.6 is 0 Å². The van der Waals surface area contributed by atoms with Crippen LogP contribution in [0.15, 0.2) is 24.8 Å². The van der Waals surface area contributed by atoms with E-state index >= 15 is 0 Å². The number of carbonyl (C=O) groups excluding carboxylic acids is 1. The molecule has 2 rings (SSSR count). The van der Waals surface area contributed by atoms with Gasteiger partial charge in [0.1, 0.15) is 5.75 Å². The molecule has 1 N–H and O–H groups in total. The van der Waals surface area contributed by atoms with Crippen LogP contribution in [0.1, 0.15) is 18.1 Å². The predicted octanol–water partition coefficient (Wildman–Crippen LogP) is 1.73. The van der Waals surface area contributed by atoms with Gasteiger partial charge in [-0.2, -0.15) is 0 Å². The van der Waals surface area contributed by atoms with Gasteiger partial charge in [0.25, 0.3) is 0 Å². The van der Waals surface area contributed by atoms with Crippen LogP contribution in [0.25, 0.3) is 5.70 Å². The van der Waals surface area contributed by atoms with Gasteiger partial charge in [0, 0.05) is 19.0 Å². The fourth-order valence-electron chi connectivity index (χ4n) is 1.66. The molecule has 0 spiro atoms. The first kappa shape index (κ1) is 9.77. The third-order valence-corrected chi connectivity index (χ3v) is 2.36. The highest BCUT2D eigenvalue weighted by molar-refractivity contribution is 5.84. The number of benzene rings is 1. The van der Waals surface area contributed by atoms with Crippen LogP contribution < -0.4 is 10.1 Å². The summed E-state index contributed by atoms with van der Waals surface area (Å²) in [5.74, 6) is 0.839. The lowest BCUT2D eigenvalue weighted by atomic mass is 10.1. The Labute approximate surface area is 88.8 Å². The molecule has 3 nitrogen and oxygen atoms in total. The maximum atomic E-state index is 10.9. The number of amides is 1. The van der Waals surface area contributed by atoms with E-state index in [1.165, 1.54) is 12.5 Å². The summed E-state index contributed by atoms with van der Waals surface area (Å²) in [5, 5.41) is 2.68. The van der Waals surface area contributed by atoms with E-state index in [9.17, 15) is 4.79 Å². The Morgan fingerprint density at radius 2 is 2.33 bits per heavy atom. The van der Waals surface area contributed by atoms with Crippen molar-refractivity contribution in [2.75, 3.05) is 6.61 Å². The molecule has 78 valence electrons. The molecule has 0 saturated heterocycles. The summed E-state index contributed by atoms with van der Waals surface area (Å²) < 4.78 is 5.40.